The molecule has 2 aromatic rings. The van der Waals surface area contributed by atoms with Gasteiger partial charge in [-0.2, -0.15) is 0 Å². The van der Waals surface area contributed by atoms with Gasteiger partial charge in [-0.3, -0.25) is 4.79 Å². The Morgan fingerprint density at radius 3 is 3.12 bits per heavy atom. The summed E-state index contributed by atoms with van der Waals surface area (Å²) in [4.78, 5) is 17.9. The lowest BCUT2D eigenvalue weighted by molar-refractivity contribution is -0.137. The van der Waals surface area contributed by atoms with E-state index in [1.165, 1.54) is 0 Å². The highest BCUT2D eigenvalue weighted by atomic mass is 79.9. The van der Waals surface area contributed by atoms with Crippen molar-refractivity contribution in [3.8, 4) is 0 Å². The zero-order valence-electron chi connectivity index (χ0n) is 9.40. The highest BCUT2D eigenvalue weighted by Crippen LogP contribution is 2.29. The van der Waals surface area contributed by atoms with Crippen LogP contribution in [-0.4, -0.2) is 21.0 Å². The fraction of sp³-hybridized carbons (Fsp3) is 0.333. The summed E-state index contributed by atoms with van der Waals surface area (Å²) >= 11 is 3.39. The normalized spacial score (nSPS) is 12.8. The molecule has 17 heavy (non-hydrogen) atoms. The number of aromatic nitrogens is 2. The highest BCUT2D eigenvalue weighted by molar-refractivity contribution is 9.10. The van der Waals surface area contributed by atoms with Gasteiger partial charge in [0.25, 0.3) is 0 Å². The van der Waals surface area contributed by atoms with Gasteiger partial charge in [-0.25, -0.2) is 4.98 Å². The first-order chi connectivity index (χ1) is 8.08. The van der Waals surface area contributed by atoms with Crippen LogP contribution < -0.4 is 0 Å². The number of carboxylic acid groups (broad SMARTS) is 1. The zero-order valence-corrected chi connectivity index (χ0v) is 11.0. The largest absolute Gasteiger partial charge is 0.481 e. The SMILES string of the molecule is CC(CCC(=O)O)c1c[nH]c2ncc(Br)cc12. The first-order valence-electron chi connectivity index (χ1n) is 5.42. The lowest BCUT2D eigenvalue weighted by atomic mass is 9.96. The fourth-order valence-corrected chi connectivity index (χ4v) is 2.23. The number of aromatic amines is 1. The van der Waals surface area contributed by atoms with Crippen LogP contribution in [0, 0.1) is 0 Å². The average molecular weight is 297 g/mol. The summed E-state index contributed by atoms with van der Waals surface area (Å²) in [6.45, 7) is 2.03. The number of fused-ring (bicyclic) bond motifs is 1. The molecule has 5 heteroatoms. The van der Waals surface area contributed by atoms with E-state index >= 15 is 0 Å². The van der Waals surface area contributed by atoms with E-state index in [2.05, 4.69) is 25.9 Å². The molecular formula is C12H13BrN2O2. The minimum Gasteiger partial charge on any atom is -0.481 e. The number of hydrogen-bond donors (Lipinski definition) is 2. The van der Waals surface area contributed by atoms with Gasteiger partial charge >= 0.3 is 5.97 Å². The maximum absolute atomic E-state index is 10.6. The molecule has 0 radical (unpaired) electrons. The van der Waals surface area contributed by atoms with E-state index in [0.29, 0.717) is 6.42 Å². The van der Waals surface area contributed by atoms with Crippen LogP contribution in [-0.2, 0) is 4.79 Å². The Hall–Kier alpha value is -1.36. The summed E-state index contributed by atoms with van der Waals surface area (Å²) in [6.07, 6.45) is 4.48. The second-order valence-corrected chi connectivity index (χ2v) is 5.04. The number of halogens is 1. The van der Waals surface area contributed by atoms with Gasteiger partial charge in [-0.15, -0.1) is 0 Å². The first-order valence-corrected chi connectivity index (χ1v) is 6.21. The van der Waals surface area contributed by atoms with Crippen molar-refractivity contribution in [2.75, 3.05) is 0 Å². The number of carboxylic acids is 1. The number of pyridine rings is 1. The number of hydrogen-bond acceptors (Lipinski definition) is 2. The summed E-state index contributed by atoms with van der Waals surface area (Å²) in [5.74, 6) is -0.549. The van der Waals surface area contributed by atoms with Crippen molar-refractivity contribution >= 4 is 32.9 Å². The Morgan fingerprint density at radius 2 is 2.41 bits per heavy atom. The van der Waals surface area contributed by atoms with E-state index in [-0.39, 0.29) is 12.3 Å². The molecule has 4 nitrogen and oxygen atoms in total. The second-order valence-electron chi connectivity index (χ2n) is 4.13. The third kappa shape index (κ3) is 2.66. The van der Waals surface area contributed by atoms with E-state index in [1.54, 1.807) is 6.20 Å². The lowest BCUT2D eigenvalue weighted by Gasteiger charge is -2.08. The maximum atomic E-state index is 10.6. The van der Waals surface area contributed by atoms with Crippen LogP contribution in [0.4, 0.5) is 0 Å². The molecule has 1 atom stereocenters. The molecule has 2 rings (SSSR count). The molecule has 0 aliphatic rings. The van der Waals surface area contributed by atoms with Crippen molar-refractivity contribution in [3.05, 3.63) is 28.5 Å². The standard InChI is InChI=1S/C12H13BrN2O2/c1-7(2-3-11(16)17)10-6-15-12-9(10)4-8(13)5-14-12/h4-7H,2-3H2,1H3,(H,14,15)(H,16,17). The fourth-order valence-electron chi connectivity index (χ4n) is 1.90. The topological polar surface area (TPSA) is 66.0 Å². The Bertz CT molecular complexity index is 550. The number of carbonyl (C=O) groups is 1. The molecule has 2 heterocycles. The molecule has 0 aliphatic heterocycles. The molecule has 2 aromatic heterocycles. The molecule has 0 saturated heterocycles. The zero-order chi connectivity index (χ0) is 12.4. The summed E-state index contributed by atoms with van der Waals surface area (Å²) in [5, 5.41) is 9.74. The van der Waals surface area contributed by atoms with Crippen LogP contribution in [0.5, 0.6) is 0 Å². The van der Waals surface area contributed by atoms with E-state index in [0.717, 1.165) is 21.1 Å². The van der Waals surface area contributed by atoms with Crippen LogP contribution in [0.1, 0.15) is 31.2 Å². The Kier molecular flexibility index (Phi) is 3.47. The third-order valence-electron chi connectivity index (χ3n) is 2.85. The van der Waals surface area contributed by atoms with Gasteiger partial charge in [0.2, 0.25) is 0 Å². The summed E-state index contributed by atoms with van der Waals surface area (Å²) in [5.41, 5.74) is 1.96. The molecule has 90 valence electrons. The van der Waals surface area contributed by atoms with Gasteiger partial charge in [0, 0.05) is 28.7 Å². The van der Waals surface area contributed by atoms with Crippen LogP contribution in [0.2, 0.25) is 0 Å². The van der Waals surface area contributed by atoms with Crippen molar-refractivity contribution in [2.45, 2.75) is 25.7 Å². The summed E-state index contributed by atoms with van der Waals surface area (Å²) in [6, 6.07) is 2.01. The van der Waals surface area contributed by atoms with E-state index in [9.17, 15) is 4.79 Å². The van der Waals surface area contributed by atoms with Crippen LogP contribution in [0.3, 0.4) is 0 Å². The van der Waals surface area contributed by atoms with E-state index in [1.807, 2.05) is 19.2 Å². The molecule has 0 fully saturated rings. The molecule has 2 N–H and O–H groups in total. The molecule has 0 amide bonds. The van der Waals surface area contributed by atoms with Gasteiger partial charge in [0.05, 0.1) is 0 Å². The first kappa shape index (κ1) is 12.1. The molecular weight excluding hydrogens is 284 g/mol. The summed E-state index contributed by atoms with van der Waals surface area (Å²) < 4.78 is 0.927. The van der Waals surface area contributed by atoms with Crippen LogP contribution in [0.25, 0.3) is 11.0 Å². The second kappa shape index (κ2) is 4.87. The Labute approximate surface area is 107 Å². The van der Waals surface area contributed by atoms with Crippen molar-refractivity contribution in [1.82, 2.24) is 9.97 Å². The lowest BCUT2D eigenvalue weighted by Crippen LogP contribution is -1.99. The highest BCUT2D eigenvalue weighted by Gasteiger charge is 2.13. The molecule has 0 aromatic carbocycles. The maximum Gasteiger partial charge on any atom is 0.303 e. The smallest absolute Gasteiger partial charge is 0.303 e. The molecule has 0 aliphatic carbocycles. The third-order valence-corrected chi connectivity index (χ3v) is 3.29. The van der Waals surface area contributed by atoms with Gasteiger partial charge in [0.15, 0.2) is 0 Å². The van der Waals surface area contributed by atoms with Crippen LogP contribution in [0.15, 0.2) is 22.9 Å². The van der Waals surface area contributed by atoms with E-state index < -0.39 is 5.97 Å². The van der Waals surface area contributed by atoms with E-state index in [4.69, 9.17) is 5.11 Å². The number of nitrogens with zero attached hydrogens (tertiary/aromatic N) is 1. The molecule has 0 bridgehead atoms. The predicted octanol–water partition coefficient (Wildman–Crippen LogP) is 3.29. The van der Waals surface area contributed by atoms with Crippen LogP contribution >= 0.6 is 15.9 Å². The van der Waals surface area contributed by atoms with Gasteiger partial charge < -0.3 is 10.1 Å². The number of nitrogens with one attached hydrogen (secondary N) is 1. The molecule has 1 unspecified atom stereocenters. The number of H-pyrrole nitrogens is 1. The van der Waals surface area contributed by atoms with Crippen molar-refractivity contribution < 1.29 is 9.90 Å². The molecule has 0 saturated carbocycles. The van der Waals surface area contributed by atoms with Gasteiger partial charge in [-0.05, 0) is 39.9 Å². The predicted molar refractivity (Wildman–Crippen MR) is 69.1 cm³/mol. The monoisotopic (exact) mass is 296 g/mol. The van der Waals surface area contributed by atoms with Gasteiger partial charge in [0.1, 0.15) is 5.65 Å². The summed E-state index contributed by atoms with van der Waals surface area (Å²) in [7, 11) is 0. The van der Waals surface area contributed by atoms with Crippen molar-refractivity contribution in [1.29, 1.82) is 0 Å². The minimum absolute atomic E-state index is 0.190. The quantitative estimate of drug-likeness (QED) is 0.910. The Balaban J connectivity index is 2.28. The Morgan fingerprint density at radius 1 is 1.65 bits per heavy atom. The average Bonchev–Trinajstić information content (AvgIpc) is 2.68. The van der Waals surface area contributed by atoms with Gasteiger partial charge in [-0.1, -0.05) is 6.92 Å². The minimum atomic E-state index is -0.754. The molecule has 0 spiro atoms. The number of aliphatic carboxylic acids is 1. The van der Waals surface area contributed by atoms with Crippen molar-refractivity contribution in [2.24, 2.45) is 0 Å². The number of rotatable bonds is 4. The van der Waals surface area contributed by atoms with Crippen molar-refractivity contribution in [3.63, 3.8) is 0 Å².